The standard InChI is InChI=1S/C46H27Cl11N8O/c1-45(2,3)14-11-12-18(17(13-14)46(4,5)6)66-36-30(52)24-23(29(51)35(36)57)40-60-38-16-10-8-7-9-15(16)37(58-38)59-39-19-20(26(48)32(54)31(53)25(19)47)41(61-39)63-42-21-22(43(64-42)65-44(24)62-40)28(50)34(56)33(55)27(21)49/h7-13H,1-6H3,(H2,58,59,60,61,62,63,64,65). The number of H-pyrrole nitrogens is 2. The highest BCUT2D eigenvalue weighted by atomic mass is 35.5. The van der Waals surface area contributed by atoms with E-state index in [1.165, 1.54) is 0 Å². The molecular formula is C46H27Cl11N8O. The van der Waals surface area contributed by atoms with Gasteiger partial charge < -0.3 is 14.7 Å². The summed E-state index contributed by atoms with van der Waals surface area (Å²) in [5.41, 5.74) is 3.43. The molecular weight excluding hydrogens is 1070 g/mol. The number of rotatable bonds is 2. The van der Waals surface area contributed by atoms with Crippen molar-refractivity contribution >= 4 is 172 Å². The number of nitrogens with one attached hydrogen (secondary N) is 2. The van der Waals surface area contributed by atoms with Crippen LogP contribution in [0.2, 0.25) is 55.2 Å². The Hall–Kier alpha value is -3.55. The Labute approximate surface area is 431 Å². The molecule has 334 valence electrons. The summed E-state index contributed by atoms with van der Waals surface area (Å²) >= 11 is 76.5. The van der Waals surface area contributed by atoms with Gasteiger partial charge >= 0.3 is 0 Å². The zero-order chi connectivity index (χ0) is 47.2. The van der Waals surface area contributed by atoms with E-state index < -0.39 is 0 Å². The van der Waals surface area contributed by atoms with Crippen LogP contribution in [-0.4, -0.2) is 39.9 Å². The smallest absolute Gasteiger partial charge is 0.166 e. The minimum atomic E-state index is -0.353. The second-order valence-electron chi connectivity index (χ2n) is 17.5. The molecule has 5 aromatic carbocycles. The Bertz CT molecular complexity index is 3690. The number of aromatic amines is 2. The maximum Gasteiger partial charge on any atom is 0.166 e. The number of aromatic nitrogens is 8. The zero-order valence-corrected chi connectivity index (χ0v) is 43.1. The SMILES string of the molecule is CC(C)(C)c1ccc(Oc2c(Cl)c(Cl)c3c(c2Cl)-c2nc-3nc3[nH]c(nc4nc(nc5[nH]c(n2)c2c(Cl)c(Cl)c(Cl)c(Cl)c52)-c2c(Cl)c(Cl)c(Cl)c(Cl)c2-4)c2ccccc32)c(C(C)(C)C)c1. The van der Waals surface area contributed by atoms with Crippen LogP contribution in [0.25, 0.3) is 89.7 Å². The van der Waals surface area contributed by atoms with E-state index in [1.54, 1.807) is 0 Å². The van der Waals surface area contributed by atoms with E-state index in [1.807, 2.05) is 36.4 Å². The summed E-state index contributed by atoms with van der Waals surface area (Å²) in [5.74, 6) is 0.856. The average molecular weight is 1100 g/mol. The monoisotopic (exact) mass is 1090 g/mol. The third kappa shape index (κ3) is 7.18. The van der Waals surface area contributed by atoms with E-state index in [0.29, 0.717) is 27.8 Å². The Morgan fingerprint density at radius 1 is 0.409 bits per heavy atom. The van der Waals surface area contributed by atoms with E-state index in [2.05, 4.69) is 57.6 Å². The van der Waals surface area contributed by atoms with Gasteiger partial charge in [-0.15, -0.1) is 0 Å². The maximum absolute atomic E-state index is 7.47. The molecule has 0 saturated carbocycles. The van der Waals surface area contributed by atoms with Gasteiger partial charge in [-0.1, -0.05) is 206 Å². The van der Waals surface area contributed by atoms with Crippen LogP contribution in [0, 0.1) is 0 Å². The molecule has 2 aliphatic rings. The van der Waals surface area contributed by atoms with Gasteiger partial charge in [0, 0.05) is 16.3 Å². The number of benzene rings is 5. The Kier molecular flexibility index (Phi) is 11.4. The third-order valence-corrected chi connectivity index (χ3v) is 16.1. The van der Waals surface area contributed by atoms with Crippen molar-refractivity contribution in [2.24, 2.45) is 0 Å². The fourth-order valence-corrected chi connectivity index (χ4v) is 10.9. The summed E-state index contributed by atoms with van der Waals surface area (Å²) in [7, 11) is 0. The molecule has 0 atom stereocenters. The van der Waals surface area contributed by atoms with Crippen LogP contribution in [0.3, 0.4) is 0 Å². The number of fused-ring (bicyclic) bond motifs is 20. The largest absolute Gasteiger partial charge is 0.454 e. The molecule has 0 spiro atoms. The van der Waals surface area contributed by atoms with Gasteiger partial charge in [0.2, 0.25) is 0 Å². The highest BCUT2D eigenvalue weighted by Crippen LogP contribution is 2.55. The molecule has 9 nitrogen and oxygen atoms in total. The Morgan fingerprint density at radius 3 is 1.24 bits per heavy atom. The van der Waals surface area contributed by atoms with Crippen molar-refractivity contribution in [3.63, 3.8) is 0 Å². The maximum atomic E-state index is 7.47. The normalized spacial score (nSPS) is 12.6. The molecule has 5 heterocycles. The molecule has 8 aromatic rings. The summed E-state index contributed by atoms with van der Waals surface area (Å²) in [4.78, 5) is 36.4. The van der Waals surface area contributed by atoms with Crippen molar-refractivity contribution in [2.45, 2.75) is 52.4 Å². The van der Waals surface area contributed by atoms with Crippen molar-refractivity contribution in [3.05, 3.63) is 109 Å². The van der Waals surface area contributed by atoms with Crippen LogP contribution in [-0.2, 0) is 10.8 Å². The molecule has 0 radical (unpaired) electrons. The van der Waals surface area contributed by atoms with Gasteiger partial charge in [0.25, 0.3) is 0 Å². The molecule has 0 unspecified atom stereocenters. The van der Waals surface area contributed by atoms with Gasteiger partial charge in [-0.3, -0.25) is 0 Å². The molecule has 2 N–H and O–H groups in total. The first-order valence-electron chi connectivity index (χ1n) is 19.7. The number of nitrogens with zero attached hydrogens (tertiary/aromatic N) is 6. The van der Waals surface area contributed by atoms with Gasteiger partial charge in [0.05, 0.1) is 83.3 Å². The van der Waals surface area contributed by atoms with Gasteiger partial charge in [0.15, 0.2) is 29.0 Å². The number of ether oxygens (including phenoxy) is 1. The van der Waals surface area contributed by atoms with E-state index in [-0.39, 0.29) is 139 Å². The highest BCUT2D eigenvalue weighted by Gasteiger charge is 2.35. The van der Waals surface area contributed by atoms with Crippen molar-refractivity contribution in [2.75, 3.05) is 0 Å². The number of hydrogen-bond acceptors (Lipinski definition) is 7. The topological polar surface area (TPSA) is 118 Å². The molecule has 3 aromatic heterocycles. The summed E-state index contributed by atoms with van der Waals surface area (Å²) in [5, 5.41) is 1.82. The van der Waals surface area contributed by atoms with Crippen LogP contribution in [0.1, 0.15) is 52.7 Å². The van der Waals surface area contributed by atoms with Crippen molar-refractivity contribution in [3.8, 4) is 57.1 Å². The van der Waals surface area contributed by atoms with Gasteiger partial charge in [-0.25, -0.2) is 29.9 Å². The molecule has 0 amide bonds. The molecule has 10 rings (SSSR count). The molecule has 0 fully saturated rings. The van der Waals surface area contributed by atoms with Crippen LogP contribution >= 0.6 is 128 Å². The Balaban J connectivity index is 1.36. The van der Waals surface area contributed by atoms with E-state index in [4.69, 9.17) is 162 Å². The van der Waals surface area contributed by atoms with Gasteiger partial charge in [-0.2, -0.15) is 0 Å². The molecule has 20 heteroatoms. The van der Waals surface area contributed by atoms with E-state index in [0.717, 1.165) is 11.1 Å². The predicted octanol–water partition coefficient (Wildman–Crippen LogP) is 18.4. The van der Waals surface area contributed by atoms with Crippen molar-refractivity contribution in [1.82, 2.24) is 39.9 Å². The average Bonchev–Trinajstić information content (AvgIpc) is 4.01. The lowest BCUT2D eigenvalue weighted by molar-refractivity contribution is 0.454. The van der Waals surface area contributed by atoms with Crippen molar-refractivity contribution < 1.29 is 4.74 Å². The fraction of sp³-hybridized carbons (Fsp3) is 0.174. The summed E-state index contributed by atoms with van der Waals surface area (Å²) in [6.07, 6.45) is 0. The predicted molar refractivity (Wildman–Crippen MR) is 275 cm³/mol. The van der Waals surface area contributed by atoms with Gasteiger partial charge in [0.1, 0.15) is 33.4 Å². The fourth-order valence-electron chi connectivity index (χ4n) is 7.95. The molecule has 2 aliphatic heterocycles. The van der Waals surface area contributed by atoms with E-state index in [9.17, 15) is 0 Å². The first-order chi connectivity index (χ1) is 31.1. The lowest BCUT2D eigenvalue weighted by Crippen LogP contribution is -2.17. The summed E-state index contributed by atoms with van der Waals surface area (Å²) < 4.78 is 6.72. The van der Waals surface area contributed by atoms with E-state index >= 15 is 0 Å². The quantitative estimate of drug-likeness (QED) is 0.131. The lowest BCUT2D eigenvalue weighted by Gasteiger charge is -2.27. The molecule has 0 saturated heterocycles. The molecule has 66 heavy (non-hydrogen) atoms. The van der Waals surface area contributed by atoms with Crippen LogP contribution in [0.5, 0.6) is 11.5 Å². The minimum absolute atomic E-state index is 0.00169. The number of halogens is 11. The first kappa shape index (κ1) is 46.2. The minimum Gasteiger partial charge on any atom is -0.454 e. The summed E-state index contributed by atoms with van der Waals surface area (Å²) in [6.45, 7) is 12.7. The highest BCUT2D eigenvalue weighted by molar-refractivity contribution is 6.57. The second kappa shape index (κ2) is 16.3. The molecule has 8 bridgehead atoms. The van der Waals surface area contributed by atoms with Crippen LogP contribution < -0.4 is 4.74 Å². The zero-order valence-electron chi connectivity index (χ0n) is 34.8. The Morgan fingerprint density at radius 2 is 0.803 bits per heavy atom. The first-order valence-corrected chi connectivity index (χ1v) is 23.9. The van der Waals surface area contributed by atoms with Gasteiger partial charge in [-0.05, 0) is 22.5 Å². The van der Waals surface area contributed by atoms with Crippen molar-refractivity contribution in [1.29, 1.82) is 0 Å². The van der Waals surface area contributed by atoms with Crippen LogP contribution in [0.15, 0.2) is 42.5 Å². The molecule has 0 aliphatic carbocycles. The second-order valence-corrected chi connectivity index (χ2v) is 21.7. The third-order valence-electron chi connectivity index (χ3n) is 11.3. The van der Waals surface area contributed by atoms with Crippen LogP contribution in [0.4, 0.5) is 0 Å². The number of hydrogen-bond donors (Lipinski definition) is 2. The lowest BCUT2D eigenvalue weighted by atomic mass is 9.80. The summed E-state index contributed by atoms with van der Waals surface area (Å²) in [6, 6.07) is 13.5.